The molecule has 0 saturated heterocycles. The number of hydrogen-bond donors (Lipinski definition) is 3. The van der Waals surface area contributed by atoms with Crippen molar-refractivity contribution in [2.75, 3.05) is 26.4 Å². The van der Waals surface area contributed by atoms with Crippen molar-refractivity contribution in [3.05, 3.63) is 12.2 Å². The molecule has 9 nitrogen and oxygen atoms in total. The summed E-state index contributed by atoms with van der Waals surface area (Å²) in [6.45, 7) is 3.34. The highest BCUT2D eigenvalue weighted by Gasteiger charge is 2.23. The van der Waals surface area contributed by atoms with E-state index in [-0.39, 0.29) is 32.1 Å². The van der Waals surface area contributed by atoms with Crippen LogP contribution >= 0.6 is 7.82 Å². The molecule has 0 radical (unpaired) electrons. The fraction of sp³-hybridized carbons (Fsp3) is 0.879. The van der Waals surface area contributed by atoms with Crippen LogP contribution in [0, 0.1) is 0 Å². The third kappa shape index (κ3) is 32.0. The van der Waals surface area contributed by atoms with Crippen LogP contribution in [-0.2, 0) is 27.9 Å². The molecular weight excluding hydrogens is 569 g/mol. The average molecular weight is 634 g/mol. The van der Waals surface area contributed by atoms with E-state index < -0.39 is 26.5 Å². The van der Waals surface area contributed by atoms with Crippen LogP contribution in [0.4, 0.5) is 0 Å². The Hall–Kier alpha value is -1.25. The van der Waals surface area contributed by atoms with Gasteiger partial charge < -0.3 is 20.1 Å². The van der Waals surface area contributed by atoms with Gasteiger partial charge in [0.15, 0.2) is 0 Å². The number of hydrogen-bond acceptors (Lipinski definition) is 7. The second kappa shape index (κ2) is 30.8. The smallest absolute Gasteiger partial charge is 0.463 e. The van der Waals surface area contributed by atoms with Crippen LogP contribution in [0.3, 0.4) is 0 Å². The van der Waals surface area contributed by atoms with Crippen molar-refractivity contribution in [3.8, 4) is 0 Å². The van der Waals surface area contributed by atoms with E-state index in [0.717, 1.165) is 38.5 Å². The zero-order valence-electron chi connectivity index (χ0n) is 27.4. The summed E-state index contributed by atoms with van der Waals surface area (Å²) in [6, 6.07) is 0. The summed E-state index contributed by atoms with van der Waals surface area (Å²) in [4.78, 5) is 33.2. The number of aliphatic hydroxyl groups is 1. The molecule has 0 aromatic rings. The standard InChI is InChI=1S/C33H64NO8P/c1-3-5-7-8-9-10-11-12-13-14-15-16-17-18-19-20-21-22-24-25-32(36)34-27-28-41-43(38,39)42-30-31(35)29-40-33(37)26-23-6-4-2/h12-13,31,35H,3-11,14-30H2,1-2H3,(H,34,36)(H,38,39)/b13-12+. The number of aliphatic hydroxyl groups excluding tert-OH is 1. The number of phosphoric acid groups is 1. The zero-order valence-corrected chi connectivity index (χ0v) is 28.3. The number of allylic oxidation sites excluding steroid dienone is 2. The van der Waals surface area contributed by atoms with Crippen molar-refractivity contribution < 1.29 is 37.9 Å². The molecule has 0 bridgehead atoms. The fourth-order valence-electron chi connectivity index (χ4n) is 4.55. The first-order valence-corrected chi connectivity index (χ1v) is 18.7. The third-order valence-corrected chi connectivity index (χ3v) is 8.18. The van der Waals surface area contributed by atoms with Gasteiger partial charge in [-0.15, -0.1) is 0 Å². The predicted octanol–water partition coefficient (Wildman–Crippen LogP) is 8.32. The van der Waals surface area contributed by atoms with E-state index in [1.165, 1.54) is 89.9 Å². The van der Waals surface area contributed by atoms with E-state index in [4.69, 9.17) is 13.8 Å². The van der Waals surface area contributed by atoms with Gasteiger partial charge in [-0.2, -0.15) is 0 Å². The van der Waals surface area contributed by atoms with Gasteiger partial charge in [0.05, 0.1) is 13.2 Å². The molecule has 0 rings (SSSR count). The molecule has 2 unspecified atom stereocenters. The van der Waals surface area contributed by atoms with E-state index in [9.17, 15) is 24.2 Å². The lowest BCUT2D eigenvalue weighted by molar-refractivity contribution is -0.147. The Bertz CT molecular complexity index is 734. The number of esters is 1. The number of ether oxygens (including phenoxy) is 1. The molecule has 0 heterocycles. The van der Waals surface area contributed by atoms with Gasteiger partial charge in [0.25, 0.3) is 0 Å². The molecule has 0 aromatic carbocycles. The number of phosphoric ester groups is 1. The van der Waals surface area contributed by atoms with Crippen molar-refractivity contribution >= 4 is 19.7 Å². The molecule has 1 amide bonds. The van der Waals surface area contributed by atoms with Crippen LogP contribution in [0.25, 0.3) is 0 Å². The van der Waals surface area contributed by atoms with E-state index in [1.807, 2.05) is 6.92 Å². The third-order valence-electron chi connectivity index (χ3n) is 7.20. The second-order valence-electron chi connectivity index (χ2n) is 11.5. The van der Waals surface area contributed by atoms with Crippen LogP contribution in [0.15, 0.2) is 12.2 Å². The Morgan fingerprint density at radius 3 is 1.77 bits per heavy atom. The van der Waals surface area contributed by atoms with Gasteiger partial charge in [0.1, 0.15) is 12.7 Å². The number of amides is 1. The molecule has 0 fully saturated rings. The molecule has 0 spiro atoms. The molecule has 0 aliphatic carbocycles. The van der Waals surface area contributed by atoms with Crippen LogP contribution < -0.4 is 5.32 Å². The average Bonchev–Trinajstić information content (AvgIpc) is 2.98. The van der Waals surface area contributed by atoms with Gasteiger partial charge in [-0.3, -0.25) is 18.6 Å². The number of nitrogens with one attached hydrogen (secondary N) is 1. The van der Waals surface area contributed by atoms with Crippen molar-refractivity contribution in [2.45, 2.75) is 161 Å². The van der Waals surface area contributed by atoms with Crippen LogP contribution in [0.5, 0.6) is 0 Å². The summed E-state index contributed by atoms with van der Waals surface area (Å²) in [7, 11) is -4.39. The first-order chi connectivity index (χ1) is 20.8. The predicted molar refractivity (Wildman–Crippen MR) is 174 cm³/mol. The summed E-state index contributed by atoms with van der Waals surface area (Å²) in [5.41, 5.74) is 0. The Kier molecular flexibility index (Phi) is 29.9. The van der Waals surface area contributed by atoms with Crippen molar-refractivity contribution in [1.29, 1.82) is 0 Å². The van der Waals surface area contributed by atoms with Crippen molar-refractivity contribution in [2.24, 2.45) is 0 Å². The molecule has 0 aromatic heterocycles. The Morgan fingerprint density at radius 2 is 1.19 bits per heavy atom. The topological polar surface area (TPSA) is 131 Å². The molecule has 0 aliphatic heterocycles. The highest BCUT2D eigenvalue weighted by Crippen LogP contribution is 2.42. The van der Waals surface area contributed by atoms with Gasteiger partial charge in [0.2, 0.25) is 5.91 Å². The minimum Gasteiger partial charge on any atom is -0.463 e. The lowest BCUT2D eigenvalue weighted by Gasteiger charge is -2.15. The van der Waals surface area contributed by atoms with Crippen LogP contribution in [0.1, 0.15) is 155 Å². The minimum atomic E-state index is -4.39. The van der Waals surface area contributed by atoms with Crippen molar-refractivity contribution in [1.82, 2.24) is 5.32 Å². The van der Waals surface area contributed by atoms with E-state index in [1.54, 1.807) is 0 Å². The largest absolute Gasteiger partial charge is 0.472 e. The van der Waals surface area contributed by atoms with Gasteiger partial charge in [-0.05, 0) is 38.5 Å². The van der Waals surface area contributed by atoms with Gasteiger partial charge in [0, 0.05) is 19.4 Å². The monoisotopic (exact) mass is 633 g/mol. The van der Waals surface area contributed by atoms with Gasteiger partial charge in [-0.25, -0.2) is 4.57 Å². The van der Waals surface area contributed by atoms with E-state index >= 15 is 0 Å². The lowest BCUT2D eigenvalue weighted by Crippen LogP contribution is -2.27. The quantitative estimate of drug-likeness (QED) is 0.0292. The SMILES string of the molecule is CCCCCCCC/C=C/CCCCCCCCCCCC(=O)NCCOP(=O)(O)OCC(O)COC(=O)CCCCC. The highest BCUT2D eigenvalue weighted by atomic mass is 31.2. The molecule has 2 atom stereocenters. The molecular formula is C33H64NO8P. The van der Waals surface area contributed by atoms with Crippen molar-refractivity contribution in [3.63, 3.8) is 0 Å². The molecule has 10 heteroatoms. The first-order valence-electron chi connectivity index (χ1n) is 17.2. The second-order valence-corrected chi connectivity index (χ2v) is 12.9. The maximum atomic E-state index is 12.0. The summed E-state index contributed by atoms with van der Waals surface area (Å²) in [5, 5.41) is 12.4. The maximum Gasteiger partial charge on any atom is 0.472 e. The summed E-state index contributed by atoms with van der Waals surface area (Å²) in [6.07, 6.45) is 28.0. The first kappa shape index (κ1) is 41.8. The number of rotatable bonds is 32. The maximum absolute atomic E-state index is 12.0. The Labute approximate surface area is 262 Å². The number of unbranched alkanes of at least 4 members (excludes halogenated alkanes) is 17. The summed E-state index contributed by atoms with van der Waals surface area (Å²) >= 11 is 0. The summed E-state index contributed by atoms with van der Waals surface area (Å²) < 4.78 is 26.4. The van der Waals surface area contributed by atoms with E-state index in [0.29, 0.717) is 6.42 Å². The van der Waals surface area contributed by atoms with Crippen LogP contribution in [-0.4, -0.2) is 54.3 Å². The van der Waals surface area contributed by atoms with Gasteiger partial charge in [-0.1, -0.05) is 116 Å². The zero-order chi connectivity index (χ0) is 31.9. The van der Waals surface area contributed by atoms with E-state index in [2.05, 4.69) is 24.4 Å². The van der Waals surface area contributed by atoms with Crippen LogP contribution in [0.2, 0.25) is 0 Å². The molecule has 0 aliphatic rings. The highest BCUT2D eigenvalue weighted by molar-refractivity contribution is 7.47. The lowest BCUT2D eigenvalue weighted by atomic mass is 10.1. The number of carbonyl (C=O) groups excluding carboxylic acids is 2. The summed E-state index contributed by atoms with van der Waals surface area (Å²) in [5.74, 6) is -0.542. The van der Waals surface area contributed by atoms with Gasteiger partial charge >= 0.3 is 13.8 Å². The molecule has 0 saturated carbocycles. The molecule has 3 N–H and O–H groups in total. The normalized spacial score (nSPS) is 13.7. The molecule has 43 heavy (non-hydrogen) atoms. The fourth-order valence-corrected chi connectivity index (χ4v) is 5.31. The Balaban J connectivity index is 3.53. The molecule has 254 valence electrons. The number of carbonyl (C=O) groups is 2. The Morgan fingerprint density at radius 1 is 0.698 bits per heavy atom. The minimum absolute atomic E-state index is 0.0829.